The van der Waals surface area contributed by atoms with E-state index in [2.05, 4.69) is 18.7 Å². The molecule has 122 valence electrons. The molecule has 2 atom stereocenters. The van der Waals surface area contributed by atoms with Gasteiger partial charge in [-0.2, -0.15) is 0 Å². The predicted molar refractivity (Wildman–Crippen MR) is 90.6 cm³/mol. The van der Waals surface area contributed by atoms with Crippen LogP contribution in [-0.4, -0.2) is 31.4 Å². The highest BCUT2D eigenvalue weighted by Crippen LogP contribution is 2.25. The zero-order chi connectivity index (χ0) is 16.7. The number of benzene rings is 2. The summed E-state index contributed by atoms with van der Waals surface area (Å²) in [6.07, 6.45) is 0.711. The van der Waals surface area contributed by atoms with E-state index in [0.717, 1.165) is 22.6 Å². The number of carbonyl (C=O) groups excluding carboxylic acids is 1. The zero-order valence-electron chi connectivity index (χ0n) is 13.5. The van der Waals surface area contributed by atoms with Gasteiger partial charge < -0.3 is 14.2 Å². The molecule has 0 fully saturated rings. The maximum atomic E-state index is 11.1. The predicted octanol–water partition coefficient (Wildman–Crippen LogP) is 3.74. The number of hydrogen-bond acceptors (Lipinski definition) is 4. The summed E-state index contributed by atoms with van der Waals surface area (Å²) in [6, 6.07) is 14.1. The summed E-state index contributed by atoms with van der Waals surface area (Å²) in [5.41, 5.74) is 0. The van der Waals surface area contributed by atoms with E-state index in [0.29, 0.717) is 13.2 Å². The summed E-state index contributed by atoms with van der Waals surface area (Å²) >= 11 is 0. The van der Waals surface area contributed by atoms with E-state index in [9.17, 15) is 4.79 Å². The fourth-order valence-corrected chi connectivity index (χ4v) is 2.16. The van der Waals surface area contributed by atoms with Gasteiger partial charge in [0, 0.05) is 11.5 Å². The van der Waals surface area contributed by atoms with Crippen LogP contribution in [0.1, 0.15) is 13.8 Å². The summed E-state index contributed by atoms with van der Waals surface area (Å²) in [5, 5.41) is 2.22. The molecule has 0 aliphatic rings. The summed E-state index contributed by atoms with van der Waals surface area (Å²) in [5.74, 6) is 0.394. The molecule has 23 heavy (non-hydrogen) atoms. The Kier molecular flexibility index (Phi) is 6.18. The quantitative estimate of drug-likeness (QED) is 0.550. The molecule has 0 heterocycles. The van der Waals surface area contributed by atoms with Gasteiger partial charge in [0.15, 0.2) is 0 Å². The number of fused-ring (bicyclic) bond motifs is 1. The van der Waals surface area contributed by atoms with Gasteiger partial charge in [0.05, 0.1) is 12.7 Å². The fourth-order valence-electron chi connectivity index (χ4n) is 2.16. The number of rotatable bonds is 8. The van der Waals surface area contributed by atoms with Crippen molar-refractivity contribution in [3.8, 4) is 5.75 Å². The lowest BCUT2D eigenvalue weighted by Crippen LogP contribution is -2.25. The van der Waals surface area contributed by atoms with Crippen LogP contribution in [0.15, 0.2) is 55.1 Å². The second kappa shape index (κ2) is 8.34. The van der Waals surface area contributed by atoms with Crippen LogP contribution in [0.3, 0.4) is 0 Å². The van der Waals surface area contributed by atoms with Gasteiger partial charge in [0.2, 0.25) is 0 Å². The average Bonchev–Trinajstić information content (AvgIpc) is 2.57. The highest BCUT2D eigenvalue weighted by Gasteiger charge is 2.11. The fraction of sp³-hybridized carbons (Fsp3) is 0.316. The van der Waals surface area contributed by atoms with Crippen molar-refractivity contribution >= 4 is 16.7 Å². The first-order chi connectivity index (χ1) is 11.1. The van der Waals surface area contributed by atoms with Gasteiger partial charge in [0.25, 0.3) is 0 Å². The topological polar surface area (TPSA) is 44.8 Å². The molecule has 2 unspecified atom stereocenters. The molecule has 0 radical (unpaired) electrons. The largest absolute Gasteiger partial charge is 0.490 e. The smallest absolute Gasteiger partial charge is 0.330 e. The van der Waals surface area contributed by atoms with Crippen LogP contribution in [-0.2, 0) is 14.3 Å². The Bertz CT molecular complexity index is 660. The maximum absolute atomic E-state index is 11.1. The molecule has 0 aromatic heterocycles. The summed E-state index contributed by atoms with van der Waals surface area (Å²) in [4.78, 5) is 11.1. The number of carbonyl (C=O) groups is 1. The Morgan fingerprint density at radius 2 is 1.83 bits per heavy atom. The van der Waals surface area contributed by atoms with Crippen LogP contribution >= 0.6 is 0 Å². The van der Waals surface area contributed by atoms with Crippen molar-refractivity contribution in [3.63, 3.8) is 0 Å². The molecule has 2 aromatic carbocycles. The third kappa shape index (κ3) is 5.11. The molecule has 0 N–H and O–H groups in total. The van der Waals surface area contributed by atoms with Crippen molar-refractivity contribution in [1.82, 2.24) is 0 Å². The lowest BCUT2D eigenvalue weighted by Gasteiger charge is -2.18. The SMILES string of the molecule is C=CC(=O)OC(C)COC(C)COc1cccc2ccccc12. The molecule has 0 saturated carbocycles. The van der Waals surface area contributed by atoms with Gasteiger partial charge in [-0.3, -0.25) is 0 Å². The summed E-state index contributed by atoms with van der Waals surface area (Å²) in [6.45, 7) is 7.81. The van der Waals surface area contributed by atoms with Gasteiger partial charge in [0.1, 0.15) is 18.5 Å². The standard InChI is InChI=1S/C19H22O4/c1-4-19(20)23-15(3)13-21-14(2)12-22-18-11-7-9-16-8-5-6-10-17(16)18/h4-11,14-15H,1,12-13H2,2-3H3. The zero-order valence-corrected chi connectivity index (χ0v) is 13.5. The van der Waals surface area contributed by atoms with Gasteiger partial charge in [-0.25, -0.2) is 4.79 Å². The van der Waals surface area contributed by atoms with Crippen molar-refractivity contribution in [2.75, 3.05) is 13.2 Å². The molecule has 0 saturated heterocycles. The van der Waals surface area contributed by atoms with Crippen LogP contribution in [0.4, 0.5) is 0 Å². The lowest BCUT2D eigenvalue weighted by molar-refractivity contribution is -0.146. The van der Waals surface area contributed by atoms with Crippen LogP contribution in [0.25, 0.3) is 10.8 Å². The number of esters is 1. The van der Waals surface area contributed by atoms with Gasteiger partial charge in [-0.15, -0.1) is 0 Å². The Balaban J connectivity index is 1.83. The van der Waals surface area contributed by atoms with Crippen molar-refractivity contribution in [3.05, 3.63) is 55.1 Å². The number of ether oxygens (including phenoxy) is 3. The van der Waals surface area contributed by atoms with E-state index >= 15 is 0 Å². The Labute approximate surface area is 136 Å². The van der Waals surface area contributed by atoms with Crippen LogP contribution in [0.5, 0.6) is 5.75 Å². The third-order valence-electron chi connectivity index (χ3n) is 3.32. The second-order valence-corrected chi connectivity index (χ2v) is 5.38. The van der Waals surface area contributed by atoms with Crippen LogP contribution < -0.4 is 4.74 Å². The molecular formula is C19H22O4. The minimum atomic E-state index is -0.444. The first-order valence-electron chi connectivity index (χ1n) is 7.65. The molecule has 0 spiro atoms. The van der Waals surface area contributed by atoms with E-state index in [1.807, 2.05) is 37.3 Å². The van der Waals surface area contributed by atoms with E-state index in [1.54, 1.807) is 6.92 Å². The number of hydrogen-bond donors (Lipinski definition) is 0. The summed E-state index contributed by atoms with van der Waals surface area (Å²) < 4.78 is 16.6. The minimum Gasteiger partial charge on any atom is -0.490 e. The first-order valence-corrected chi connectivity index (χ1v) is 7.65. The van der Waals surface area contributed by atoms with E-state index in [-0.39, 0.29) is 12.2 Å². The van der Waals surface area contributed by atoms with Gasteiger partial charge >= 0.3 is 5.97 Å². The Hall–Kier alpha value is -2.33. The molecule has 4 nitrogen and oxygen atoms in total. The Morgan fingerprint density at radius 1 is 1.09 bits per heavy atom. The monoisotopic (exact) mass is 314 g/mol. The van der Waals surface area contributed by atoms with E-state index < -0.39 is 5.97 Å². The highest BCUT2D eigenvalue weighted by molar-refractivity contribution is 5.88. The Morgan fingerprint density at radius 3 is 2.61 bits per heavy atom. The van der Waals surface area contributed by atoms with E-state index in [4.69, 9.17) is 14.2 Å². The van der Waals surface area contributed by atoms with Gasteiger partial charge in [-0.05, 0) is 25.3 Å². The van der Waals surface area contributed by atoms with Crippen LogP contribution in [0.2, 0.25) is 0 Å². The molecule has 0 bridgehead atoms. The van der Waals surface area contributed by atoms with Crippen molar-refractivity contribution in [1.29, 1.82) is 0 Å². The third-order valence-corrected chi connectivity index (χ3v) is 3.32. The van der Waals surface area contributed by atoms with Gasteiger partial charge in [-0.1, -0.05) is 43.0 Å². The van der Waals surface area contributed by atoms with Crippen molar-refractivity contribution in [2.24, 2.45) is 0 Å². The normalized spacial score (nSPS) is 13.3. The van der Waals surface area contributed by atoms with Crippen molar-refractivity contribution < 1.29 is 19.0 Å². The lowest BCUT2D eigenvalue weighted by atomic mass is 10.1. The van der Waals surface area contributed by atoms with E-state index in [1.165, 1.54) is 0 Å². The first kappa shape index (κ1) is 17.0. The minimum absolute atomic E-state index is 0.112. The second-order valence-electron chi connectivity index (χ2n) is 5.38. The molecule has 0 aliphatic heterocycles. The van der Waals surface area contributed by atoms with Crippen LogP contribution in [0, 0.1) is 0 Å². The average molecular weight is 314 g/mol. The van der Waals surface area contributed by atoms with Crippen molar-refractivity contribution in [2.45, 2.75) is 26.1 Å². The maximum Gasteiger partial charge on any atom is 0.330 e. The summed E-state index contributed by atoms with van der Waals surface area (Å²) in [7, 11) is 0. The highest BCUT2D eigenvalue weighted by atomic mass is 16.6. The molecule has 2 aromatic rings. The molecule has 2 rings (SSSR count). The molecule has 0 aliphatic carbocycles. The molecule has 0 amide bonds. The molecular weight excluding hydrogens is 292 g/mol. The molecule has 4 heteroatoms.